The molecule has 3 unspecified atom stereocenters. The molecule has 2 rings (SSSR count). The van der Waals surface area contributed by atoms with Crippen LogP contribution < -0.4 is 5.32 Å². The molecule has 1 heterocycles. The topological polar surface area (TPSA) is 28.9 Å². The second-order valence-corrected chi connectivity index (χ2v) is 3.20. The third-order valence-electron chi connectivity index (χ3n) is 2.38. The summed E-state index contributed by atoms with van der Waals surface area (Å²) >= 11 is 0. The number of ether oxygens (including phenoxy) is 1. The first kappa shape index (κ1) is 6.93. The summed E-state index contributed by atoms with van der Waals surface area (Å²) in [6, 6.07) is 0.544. The van der Waals surface area contributed by atoms with Crippen molar-refractivity contribution in [2.24, 2.45) is 0 Å². The fraction of sp³-hybridized carbons (Fsp3) is 0.875. The Morgan fingerprint density at radius 1 is 1.45 bits per heavy atom. The lowest BCUT2D eigenvalue weighted by Crippen LogP contribution is -2.30. The lowest BCUT2D eigenvalue weighted by atomic mass is 9.96. The lowest BCUT2D eigenvalue weighted by Gasteiger charge is -2.11. The summed E-state index contributed by atoms with van der Waals surface area (Å²) in [6.45, 7) is 0. The molecule has 0 radical (unpaired) electrons. The number of rotatable bonds is 1. The normalized spacial score (nSPS) is 39.9. The van der Waals surface area contributed by atoms with E-state index in [2.05, 4.69) is 16.4 Å². The van der Waals surface area contributed by atoms with E-state index in [1.807, 2.05) is 0 Å². The van der Waals surface area contributed by atoms with Crippen molar-refractivity contribution >= 4 is 0 Å². The zero-order valence-corrected chi connectivity index (χ0v) is 6.71. The molecule has 60 valence electrons. The molecule has 2 fully saturated rings. The number of nitrogens with one attached hydrogen (secondary N) is 1. The Morgan fingerprint density at radius 2 is 2.36 bits per heavy atom. The molecule has 1 aliphatic carbocycles. The van der Waals surface area contributed by atoms with Crippen LogP contribution >= 0.6 is 0 Å². The van der Waals surface area contributed by atoms with Crippen molar-refractivity contribution in [3.8, 4) is 6.19 Å². The standard InChI is InChI=1S/C8H12N2O/c1-9-5-10-6-2-3-7-8(4-6)11-7/h6-8H,2-4H2,1H3/p+1. The van der Waals surface area contributed by atoms with Gasteiger partial charge in [0.2, 0.25) is 0 Å². The third-order valence-corrected chi connectivity index (χ3v) is 2.38. The maximum absolute atomic E-state index is 5.39. The summed E-state index contributed by atoms with van der Waals surface area (Å²) in [6.07, 6.45) is 7.44. The van der Waals surface area contributed by atoms with Crippen molar-refractivity contribution in [2.75, 3.05) is 7.05 Å². The maximum Gasteiger partial charge on any atom is 0.368 e. The van der Waals surface area contributed by atoms with Crippen LogP contribution in [0.15, 0.2) is 0 Å². The Balaban J connectivity index is 1.79. The highest BCUT2D eigenvalue weighted by atomic mass is 16.6. The predicted molar refractivity (Wildman–Crippen MR) is 42.6 cm³/mol. The zero-order valence-electron chi connectivity index (χ0n) is 6.71. The van der Waals surface area contributed by atoms with E-state index in [0.29, 0.717) is 18.2 Å². The minimum Gasteiger partial charge on any atom is -0.369 e. The van der Waals surface area contributed by atoms with Crippen LogP contribution in [0.1, 0.15) is 19.3 Å². The number of nitrogens with zero attached hydrogens (tertiary/aromatic N) is 1. The number of epoxide rings is 1. The summed E-state index contributed by atoms with van der Waals surface area (Å²) < 4.78 is 5.39. The Bertz CT molecular complexity index is 206. The average molecular weight is 153 g/mol. The van der Waals surface area contributed by atoms with Crippen molar-refractivity contribution in [3.63, 3.8) is 0 Å². The van der Waals surface area contributed by atoms with E-state index in [9.17, 15) is 0 Å². The van der Waals surface area contributed by atoms with Gasteiger partial charge in [-0.25, -0.2) is 10.2 Å². The molecule has 1 saturated heterocycles. The summed E-state index contributed by atoms with van der Waals surface area (Å²) in [5.74, 6) is 0. The fourth-order valence-electron chi connectivity index (χ4n) is 1.69. The van der Waals surface area contributed by atoms with Crippen molar-refractivity contribution in [2.45, 2.75) is 37.5 Å². The molecule has 2 aliphatic rings. The fourth-order valence-corrected chi connectivity index (χ4v) is 1.69. The number of hydrogen-bond donors (Lipinski definition) is 1. The molecule has 0 aromatic rings. The van der Waals surface area contributed by atoms with Gasteiger partial charge in [-0.1, -0.05) is 0 Å². The molecule has 0 spiro atoms. The monoisotopic (exact) mass is 153 g/mol. The minimum atomic E-state index is 0.542. The largest absolute Gasteiger partial charge is 0.369 e. The van der Waals surface area contributed by atoms with Gasteiger partial charge in [0.25, 0.3) is 0 Å². The van der Waals surface area contributed by atoms with E-state index < -0.39 is 0 Å². The van der Waals surface area contributed by atoms with Crippen LogP contribution in [0, 0.1) is 6.19 Å². The first-order chi connectivity index (χ1) is 5.40. The van der Waals surface area contributed by atoms with Crippen LogP contribution in [-0.4, -0.2) is 25.3 Å². The molecular formula is C8H13N2O+. The van der Waals surface area contributed by atoms with Gasteiger partial charge in [-0.15, -0.1) is 0 Å². The van der Waals surface area contributed by atoms with Crippen molar-refractivity contribution in [1.29, 1.82) is 0 Å². The van der Waals surface area contributed by atoms with E-state index in [4.69, 9.17) is 4.74 Å². The molecule has 1 N–H and O–H groups in total. The van der Waals surface area contributed by atoms with Crippen LogP contribution in [0.4, 0.5) is 0 Å². The predicted octanol–water partition coefficient (Wildman–Crippen LogP) is 0.816. The summed E-state index contributed by atoms with van der Waals surface area (Å²) in [7, 11) is 1.73. The highest BCUT2D eigenvalue weighted by molar-refractivity contribution is 4.97. The molecule has 1 aliphatic heterocycles. The molecule has 0 aromatic heterocycles. The second kappa shape index (κ2) is 2.71. The average Bonchev–Trinajstić information content (AvgIpc) is 2.78. The molecule has 3 nitrogen and oxygen atoms in total. The molecular weight excluding hydrogens is 140 g/mol. The van der Waals surface area contributed by atoms with Gasteiger partial charge in [-0.05, 0) is 12.8 Å². The minimum absolute atomic E-state index is 0.542. The Hall–Kier alpha value is -0.750. The molecule has 0 bridgehead atoms. The van der Waals surface area contributed by atoms with Gasteiger partial charge >= 0.3 is 6.19 Å². The molecule has 3 heteroatoms. The van der Waals surface area contributed by atoms with Crippen LogP contribution in [0.25, 0.3) is 4.85 Å². The molecule has 3 atom stereocenters. The maximum atomic E-state index is 5.39. The second-order valence-electron chi connectivity index (χ2n) is 3.20. The van der Waals surface area contributed by atoms with Gasteiger partial charge < -0.3 is 4.74 Å². The van der Waals surface area contributed by atoms with Crippen molar-refractivity contribution in [3.05, 3.63) is 4.85 Å². The number of fused-ring (bicyclic) bond motifs is 1. The van der Waals surface area contributed by atoms with Crippen LogP contribution in [0.3, 0.4) is 0 Å². The smallest absolute Gasteiger partial charge is 0.368 e. The summed E-state index contributed by atoms with van der Waals surface area (Å²) in [4.78, 5) is 3.77. The van der Waals surface area contributed by atoms with E-state index >= 15 is 0 Å². The van der Waals surface area contributed by atoms with Crippen LogP contribution in [-0.2, 0) is 4.74 Å². The Kier molecular flexibility index (Phi) is 1.71. The zero-order chi connectivity index (χ0) is 7.68. The lowest BCUT2D eigenvalue weighted by molar-refractivity contribution is 0.370. The third kappa shape index (κ3) is 1.46. The van der Waals surface area contributed by atoms with Gasteiger partial charge in [-0.2, -0.15) is 0 Å². The summed E-state index contributed by atoms with van der Waals surface area (Å²) in [5, 5.41) is 3.13. The Morgan fingerprint density at radius 3 is 3.09 bits per heavy atom. The quantitative estimate of drug-likeness (QED) is 0.343. The molecule has 0 aromatic carbocycles. The van der Waals surface area contributed by atoms with Crippen molar-refractivity contribution in [1.82, 2.24) is 5.32 Å². The van der Waals surface area contributed by atoms with Gasteiger partial charge in [0.05, 0.1) is 12.2 Å². The molecule has 11 heavy (non-hydrogen) atoms. The van der Waals surface area contributed by atoms with Crippen LogP contribution in [0.5, 0.6) is 0 Å². The van der Waals surface area contributed by atoms with Gasteiger partial charge in [-0.3, -0.25) is 0 Å². The SMILES string of the molecule is C[N+]#CNC1CCC2OC2C1. The van der Waals surface area contributed by atoms with Gasteiger partial charge in [0.1, 0.15) is 6.04 Å². The van der Waals surface area contributed by atoms with Crippen molar-refractivity contribution < 1.29 is 4.74 Å². The number of hydrogen-bond acceptors (Lipinski definition) is 2. The summed E-state index contributed by atoms with van der Waals surface area (Å²) in [5.41, 5.74) is 0. The van der Waals surface area contributed by atoms with E-state index in [0.717, 1.165) is 6.42 Å². The van der Waals surface area contributed by atoms with Crippen LogP contribution in [0.2, 0.25) is 0 Å². The molecule has 0 amide bonds. The highest BCUT2D eigenvalue weighted by Gasteiger charge is 2.45. The van der Waals surface area contributed by atoms with E-state index in [1.54, 1.807) is 7.05 Å². The highest BCUT2D eigenvalue weighted by Crippen LogP contribution is 2.36. The van der Waals surface area contributed by atoms with E-state index in [1.165, 1.54) is 12.8 Å². The first-order valence-corrected chi connectivity index (χ1v) is 4.15. The van der Waals surface area contributed by atoms with Gasteiger partial charge in [0, 0.05) is 6.42 Å². The Labute approximate surface area is 66.5 Å². The molecule has 1 saturated carbocycles. The van der Waals surface area contributed by atoms with Gasteiger partial charge in [0.15, 0.2) is 7.05 Å². The first-order valence-electron chi connectivity index (χ1n) is 4.15. The van der Waals surface area contributed by atoms with E-state index in [-0.39, 0.29) is 0 Å².